The molecule has 0 fully saturated rings. The first-order valence-corrected chi connectivity index (χ1v) is 8.65. The molecule has 0 bridgehead atoms. The summed E-state index contributed by atoms with van der Waals surface area (Å²) in [6.45, 7) is 3.73. The molecule has 0 aromatic carbocycles. The van der Waals surface area contributed by atoms with Crippen LogP contribution in [0.25, 0.3) is 0 Å². The van der Waals surface area contributed by atoms with Gasteiger partial charge in [-0.05, 0) is 0 Å². The van der Waals surface area contributed by atoms with Crippen molar-refractivity contribution in [2.75, 3.05) is 0 Å². The molecule has 0 saturated carbocycles. The van der Waals surface area contributed by atoms with Crippen molar-refractivity contribution in [3.8, 4) is 0 Å². The second-order valence-corrected chi connectivity index (χ2v) is 8.55. The van der Waals surface area contributed by atoms with E-state index in [-0.39, 0.29) is 0 Å². The van der Waals surface area contributed by atoms with Crippen LogP contribution in [0, 0.1) is 0 Å². The first-order valence-electron chi connectivity index (χ1n) is 5.75. The predicted molar refractivity (Wildman–Crippen MR) is 68.2 cm³/mol. The van der Waals surface area contributed by atoms with Crippen molar-refractivity contribution in [2.45, 2.75) is 13.2 Å². The number of hydrogen-bond donors (Lipinski definition) is 0. The Hall–Kier alpha value is -0.846. The topological polar surface area (TPSA) is 0 Å². The van der Waals surface area contributed by atoms with Crippen LogP contribution < -0.4 is 0 Å². The minimum atomic E-state index is -1.15. The molecule has 0 aromatic rings. The molecule has 2 aliphatic rings. The van der Waals surface area contributed by atoms with Crippen molar-refractivity contribution in [3.63, 3.8) is 0 Å². The van der Waals surface area contributed by atoms with Gasteiger partial charge in [-0.1, -0.05) is 0 Å². The molecule has 0 unspecified atom stereocenters. The summed E-state index contributed by atoms with van der Waals surface area (Å²) in [5.41, 5.74) is 0. The summed E-state index contributed by atoms with van der Waals surface area (Å²) in [5.74, 6) is 0. The second-order valence-electron chi connectivity index (χ2n) is 4.03. The van der Waals surface area contributed by atoms with E-state index in [1.165, 1.54) is 4.73 Å². The van der Waals surface area contributed by atoms with Crippen LogP contribution in [-0.2, 0) is 17.9 Å². The van der Waals surface area contributed by atoms with Gasteiger partial charge in [0, 0.05) is 0 Å². The molecule has 16 heavy (non-hydrogen) atoms. The minimum absolute atomic E-state index is 0.742. The van der Waals surface area contributed by atoms with Gasteiger partial charge in [0.15, 0.2) is 0 Å². The zero-order valence-corrected chi connectivity index (χ0v) is 11.0. The van der Waals surface area contributed by atoms with Gasteiger partial charge in [0.2, 0.25) is 0 Å². The molecule has 0 nitrogen and oxygen atoms in total. The molecule has 0 aromatic heterocycles. The third-order valence-corrected chi connectivity index (χ3v) is 7.96. The predicted octanol–water partition coefficient (Wildman–Crippen LogP) is 4.59. The van der Waals surface area contributed by atoms with Crippen molar-refractivity contribution >= 4 is 0 Å². The Labute approximate surface area is 104 Å². The first-order chi connectivity index (χ1) is 7.92. The molecular formula is C15H17Ti. The van der Waals surface area contributed by atoms with E-state index in [1.807, 2.05) is 6.08 Å². The average molecular weight is 245 g/mol. The van der Waals surface area contributed by atoms with E-state index in [0.717, 1.165) is 8.45 Å². The molecule has 0 saturated heterocycles. The molecule has 2 rings (SSSR count). The Kier molecular flexibility index (Phi) is 4.38. The Morgan fingerprint density at radius 1 is 0.938 bits per heavy atom. The average Bonchev–Trinajstić information content (AvgIpc) is 2.97. The Bertz CT molecular complexity index is 330. The van der Waals surface area contributed by atoms with Crippen molar-refractivity contribution in [3.05, 3.63) is 73.4 Å². The van der Waals surface area contributed by atoms with E-state index in [2.05, 4.69) is 67.3 Å². The van der Waals surface area contributed by atoms with Gasteiger partial charge in [0.05, 0.1) is 0 Å². The van der Waals surface area contributed by atoms with Gasteiger partial charge < -0.3 is 0 Å². The van der Waals surface area contributed by atoms with Gasteiger partial charge in [-0.3, -0.25) is 0 Å². The quantitative estimate of drug-likeness (QED) is 0.490. The van der Waals surface area contributed by atoms with E-state index in [0.29, 0.717) is 0 Å². The van der Waals surface area contributed by atoms with Crippen LogP contribution in [0.4, 0.5) is 0 Å². The molecule has 0 N–H and O–H groups in total. The van der Waals surface area contributed by atoms with Crippen LogP contribution in [0.1, 0.15) is 0 Å². The van der Waals surface area contributed by atoms with E-state index in [4.69, 9.17) is 0 Å². The van der Waals surface area contributed by atoms with Gasteiger partial charge in [-0.15, -0.1) is 0 Å². The Morgan fingerprint density at radius 3 is 1.88 bits per heavy atom. The number of rotatable bonds is 5. The van der Waals surface area contributed by atoms with Gasteiger partial charge in [0.1, 0.15) is 0 Å². The fourth-order valence-electron chi connectivity index (χ4n) is 2.15. The summed E-state index contributed by atoms with van der Waals surface area (Å²) in [6.07, 6.45) is 24.5. The molecule has 0 aliphatic heterocycles. The molecule has 0 heterocycles. The van der Waals surface area contributed by atoms with Gasteiger partial charge in [-0.2, -0.15) is 0 Å². The van der Waals surface area contributed by atoms with E-state index in [9.17, 15) is 0 Å². The Morgan fingerprint density at radius 2 is 1.44 bits per heavy atom. The van der Waals surface area contributed by atoms with Crippen LogP contribution >= 0.6 is 0 Å². The monoisotopic (exact) mass is 245 g/mol. The van der Waals surface area contributed by atoms with Crippen LogP contribution in [0.5, 0.6) is 0 Å². The molecule has 2 aliphatic carbocycles. The van der Waals surface area contributed by atoms with Crippen LogP contribution in [0.3, 0.4) is 0 Å². The zero-order valence-electron chi connectivity index (χ0n) is 9.42. The summed E-state index contributed by atoms with van der Waals surface area (Å²) >= 11 is -1.15. The summed E-state index contributed by atoms with van der Waals surface area (Å²) < 4.78 is 2.75. The molecular weight excluding hydrogens is 228 g/mol. The molecule has 1 heteroatoms. The van der Waals surface area contributed by atoms with Gasteiger partial charge in [0.25, 0.3) is 0 Å². The fraction of sp³-hybridized carbons (Fsp3) is 0.200. The molecule has 0 spiro atoms. The summed E-state index contributed by atoms with van der Waals surface area (Å²) in [4.78, 5) is 0. The van der Waals surface area contributed by atoms with Crippen molar-refractivity contribution < 1.29 is 17.9 Å². The second kappa shape index (κ2) is 6.03. The molecule has 0 atom stereocenters. The number of allylic oxidation sites excluding steroid dienone is 11. The summed E-state index contributed by atoms with van der Waals surface area (Å²) in [5, 5.41) is 0. The summed E-state index contributed by atoms with van der Waals surface area (Å²) in [6, 6.07) is 0. The van der Waals surface area contributed by atoms with E-state index < -0.39 is 17.9 Å². The van der Waals surface area contributed by atoms with Crippen LogP contribution in [0.15, 0.2) is 73.4 Å². The maximum absolute atomic E-state index is 3.73. The maximum atomic E-state index is 3.73. The normalized spacial score (nSPS) is 19.2. The standard InChI is InChI=1S/2C5H5.C5H7.Ti/c2*1-2-4-5-3-1;1-3-5-4-2;/h2*1-5H;3-5H,1-2H2;. The third-order valence-electron chi connectivity index (χ3n) is 2.98. The SMILES string of the molecule is C=CC=C[CH2][Ti]([CH]1C=CC=C1)[CH]1C=CC=C1. The van der Waals surface area contributed by atoms with E-state index in [1.54, 1.807) is 0 Å². The van der Waals surface area contributed by atoms with Crippen molar-refractivity contribution in [2.24, 2.45) is 0 Å². The molecule has 0 amide bonds. The first kappa shape index (κ1) is 11.6. The Balaban J connectivity index is 2.05. The zero-order chi connectivity index (χ0) is 11.2. The van der Waals surface area contributed by atoms with Crippen LogP contribution in [-0.4, -0.2) is 0 Å². The van der Waals surface area contributed by atoms with E-state index >= 15 is 0 Å². The molecule has 81 valence electrons. The van der Waals surface area contributed by atoms with Crippen molar-refractivity contribution in [1.82, 2.24) is 0 Å². The third kappa shape index (κ3) is 2.84. The van der Waals surface area contributed by atoms with Gasteiger partial charge in [-0.25, -0.2) is 0 Å². The molecule has 0 radical (unpaired) electrons. The fourth-order valence-corrected chi connectivity index (χ4v) is 6.57. The number of hydrogen-bond acceptors (Lipinski definition) is 0. The summed E-state index contributed by atoms with van der Waals surface area (Å²) in [7, 11) is 0. The van der Waals surface area contributed by atoms with Crippen LogP contribution in [0.2, 0.25) is 13.2 Å². The van der Waals surface area contributed by atoms with Gasteiger partial charge >= 0.3 is 104 Å². The van der Waals surface area contributed by atoms with Crippen molar-refractivity contribution in [1.29, 1.82) is 0 Å².